The van der Waals surface area contributed by atoms with Crippen LogP contribution in [-0.4, -0.2) is 21.6 Å². The largest absolute Gasteiger partial charge is 0.478 e. The number of hydrogen-bond acceptors (Lipinski definition) is 3. The maximum absolute atomic E-state index is 12.4. The van der Waals surface area contributed by atoms with Crippen molar-refractivity contribution in [3.05, 3.63) is 74.5 Å². The van der Waals surface area contributed by atoms with Crippen molar-refractivity contribution in [3.8, 4) is 0 Å². The molecule has 0 bridgehead atoms. The van der Waals surface area contributed by atoms with E-state index in [-0.39, 0.29) is 18.0 Å². The molecule has 1 heterocycles. The van der Waals surface area contributed by atoms with E-state index in [0.717, 1.165) is 16.1 Å². The second kappa shape index (κ2) is 7.13. The number of carboxylic acids is 1. The highest BCUT2D eigenvalue weighted by molar-refractivity contribution is 9.10. The van der Waals surface area contributed by atoms with E-state index in [2.05, 4.69) is 21.2 Å². The molecule has 1 amide bonds. The highest BCUT2D eigenvalue weighted by atomic mass is 79.9. The maximum atomic E-state index is 12.4. The van der Waals surface area contributed by atoms with Gasteiger partial charge in [0, 0.05) is 21.6 Å². The number of carboxylic acid groups (broad SMARTS) is 1. The number of pyridine rings is 1. The van der Waals surface area contributed by atoms with Crippen molar-refractivity contribution in [2.75, 3.05) is 5.32 Å². The van der Waals surface area contributed by atoms with E-state index in [1.807, 2.05) is 19.1 Å². The summed E-state index contributed by atoms with van der Waals surface area (Å²) in [6.45, 7) is 1.65. The van der Waals surface area contributed by atoms with Gasteiger partial charge in [-0.25, -0.2) is 4.79 Å². The van der Waals surface area contributed by atoms with Crippen LogP contribution in [0.3, 0.4) is 0 Å². The lowest BCUT2D eigenvalue weighted by molar-refractivity contribution is -0.116. The zero-order valence-electron chi connectivity index (χ0n) is 13.8. The Morgan fingerprint density at radius 1 is 1.15 bits per heavy atom. The highest BCUT2D eigenvalue weighted by Gasteiger charge is 2.15. The summed E-state index contributed by atoms with van der Waals surface area (Å²) in [5.74, 6) is -1.55. The molecule has 0 unspecified atom stereocenters. The molecule has 0 aliphatic heterocycles. The number of carbonyl (C=O) groups is 2. The Morgan fingerprint density at radius 2 is 1.88 bits per heavy atom. The number of halogens is 1. The normalized spacial score (nSPS) is 10.7. The van der Waals surface area contributed by atoms with E-state index in [4.69, 9.17) is 0 Å². The molecular weight excluding hydrogens is 400 g/mol. The van der Waals surface area contributed by atoms with Crippen LogP contribution in [0.25, 0.3) is 10.9 Å². The van der Waals surface area contributed by atoms with Gasteiger partial charge >= 0.3 is 5.97 Å². The summed E-state index contributed by atoms with van der Waals surface area (Å²) in [4.78, 5) is 36.2. The van der Waals surface area contributed by atoms with Crippen molar-refractivity contribution >= 4 is 44.4 Å². The number of nitrogens with one attached hydrogen (secondary N) is 1. The number of para-hydroxylation sites is 1. The average Bonchev–Trinajstić information content (AvgIpc) is 2.59. The number of carbonyl (C=O) groups excluding carboxylic acids is 1. The van der Waals surface area contributed by atoms with Gasteiger partial charge in [0.25, 0.3) is 5.56 Å². The van der Waals surface area contributed by atoms with Gasteiger partial charge in [0.1, 0.15) is 6.54 Å². The van der Waals surface area contributed by atoms with Crippen molar-refractivity contribution in [3.63, 3.8) is 0 Å². The lowest BCUT2D eigenvalue weighted by Crippen LogP contribution is -2.28. The SMILES string of the molecule is Cc1cc(Br)ccc1NC(=O)Cn1c(=O)cc(C(=O)O)c2ccccc21. The van der Waals surface area contributed by atoms with Crippen LogP contribution in [0.2, 0.25) is 0 Å². The number of aromatic carboxylic acids is 1. The summed E-state index contributed by atoms with van der Waals surface area (Å²) >= 11 is 3.37. The van der Waals surface area contributed by atoms with E-state index >= 15 is 0 Å². The molecule has 0 spiro atoms. The molecule has 6 nitrogen and oxygen atoms in total. The second-order valence-electron chi connectivity index (χ2n) is 5.81. The van der Waals surface area contributed by atoms with Crippen molar-refractivity contribution in [2.24, 2.45) is 0 Å². The van der Waals surface area contributed by atoms with Gasteiger partial charge in [-0.2, -0.15) is 0 Å². The molecule has 1 aromatic heterocycles. The lowest BCUT2D eigenvalue weighted by Gasteiger charge is -2.13. The Morgan fingerprint density at radius 3 is 2.58 bits per heavy atom. The Labute approximate surface area is 157 Å². The number of benzene rings is 2. The number of anilines is 1. The molecule has 0 aliphatic carbocycles. The highest BCUT2D eigenvalue weighted by Crippen LogP contribution is 2.20. The van der Waals surface area contributed by atoms with Gasteiger partial charge in [0.05, 0.1) is 11.1 Å². The maximum Gasteiger partial charge on any atom is 0.336 e. The smallest absolute Gasteiger partial charge is 0.336 e. The van der Waals surface area contributed by atoms with E-state index in [9.17, 15) is 19.5 Å². The Kier molecular flexibility index (Phi) is 4.90. The van der Waals surface area contributed by atoms with E-state index in [0.29, 0.717) is 16.6 Å². The molecule has 0 fully saturated rings. The summed E-state index contributed by atoms with van der Waals surface area (Å²) in [6.07, 6.45) is 0. The van der Waals surface area contributed by atoms with E-state index in [1.54, 1.807) is 30.3 Å². The third-order valence-corrected chi connectivity index (χ3v) is 4.51. The summed E-state index contributed by atoms with van der Waals surface area (Å²) < 4.78 is 2.17. The predicted molar refractivity (Wildman–Crippen MR) is 103 cm³/mol. The van der Waals surface area contributed by atoms with Crippen molar-refractivity contribution in [2.45, 2.75) is 13.5 Å². The molecule has 2 N–H and O–H groups in total. The first kappa shape index (κ1) is 17.9. The average molecular weight is 415 g/mol. The van der Waals surface area contributed by atoms with Gasteiger partial charge in [0.15, 0.2) is 0 Å². The zero-order valence-corrected chi connectivity index (χ0v) is 15.4. The quantitative estimate of drug-likeness (QED) is 0.684. The van der Waals surface area contributed by atoms with Gasteiger partial charge in [0.2, 0.25) is 5.91 Å². The molecule has 0 radical (unpaired) electrons. The fraction of sp³-hybridized carbons (Fsp3) is 0.105. The van der Waals surface area contributed by atoms with Crippen LogP contribution in [0.4, 0.5) is 5.69 Å². The number of nitrogens with zero attached hydrogens (tertiary/aromatic N) is 1. The first-order chi connectivity index (χ1) is 12.4. The van der Waals surface area contributed by atoms with Crippen LogP contribution in [0, 0.1) is 6.92 Å². The first-order valence-corrected chi connectivity index (χ1v) is 8.58. The van der Waals surface area contributed by atoms with Gasteiger partial charge < -0.3 is 10.4 Å². The van der Waals surface area contributed by atoms with Gasteiger partial charge in [-0.05, 0) is 36.8 Å². The molecule has 0 saturated carbocycles. The number of aryl methyl sites for hydroxylation is 1. The van der Waals surface area contributed by atoms with Crippen LogP contribution in [0.15, 0.2) is 57.8 Å². The molecule has 3 rings (SSSR count). The summed E-state index contributed by atoms with van der Waals surface area (Å²) in [6, 6.07) is 13.1. The number of fused-ring (bicyclic) bond motifs is 1. The third kappa shape index (κ3) is 3.52. The van der Waals surface area contributed by atoms with Gasteiger partial charge in [-0.1, -0.05) is 34.1 Å². The van der Waals surface area contributed by atoms with Crippen LogP contribution >= 0.6 is 15.9 Å². The minimum atomic E-state index is -1.18. The molecule has 132 valence electrons. The molecular formula is C19H15BrN2O4. The van der Waals surface area contributed by atoms with E-state index in [1.165, 1.54) is 4.57 Å². The fourth-order valence-electron chi connectivity index (χ4n) is 2.78. The first-order valence-electron chi connectivity index (χ1n) is 7.78. The molecule has 3 aromatic rings. The minimum Gasteiger partial charge on any atom is -0.478 e. The minimum absolute atomic E-state index is 0.0778. The number of aromatic nitrogens is 1. The monoisotopic (exact) mass is 414 g/mol. The van der Waals surface area contributed by atoms with Crippen LogP contribution in [-0.2, 0) is 11.3 Å². The summed E-state index contributed by atoms with van der Waals surface area (Å²) in [5, 5.41) is 12.5. The van der Waals surface area contributed by atoms with Crippen molar-refractivity contribution in [1.29, 1.82) is 0 Å². The second-order valence-corrected chi connectivity index (χ2v) is 6.73. The molecule has 0 saturated heterocycles. The van der Waals surface area contributed by atoms with Gasteiger partial charge in [-0.3, -0.25) is 14.2 Å². The lowest BCUT2D eigenvalue weighted by atomic mass is 10.1. The molecule has 0 aliphatic rings. The zero-order chi connectivity index (χ0) is 18.8. The summed E-state index contributed by atoms with van der Waals surface area (Å²) in [5.41, 5.74) is 1.32. The number of amides is 1. The Balaban J connectivity index is 1.97. The Bertz CT molecular complexity index is 1090. The van der Waals surface area contributed by atoms with Crippen LogP contribution in [0.1, 0.15) is 15.9 Å². The summed E-state index contributed by atoms with van der Waals surface area (Å²) in [7, 11) is 0. The number of hydrogen-bond donors (Lipinski definition) is 2. The molecule has 7 heteroatoms. The fourth-order valence-corrected chi connectivity index (χ4v) is 3.25. The van der Waals surface area contributed by atoms with Crippen LogP contribution < -0.4 is 10.9 Å². The predicted octanol–water partition coefficient (Wildman–Crippen LogP) is 3.41. The third-order valence-electron chi connectivity index (χ3n) is 4.01. The van der Waals surface area contributed by atoms with Crippen molar-refractivity contribution < 1.29 is 14.7 Å². The Hall–Kier alpha value is -2.93. The topological polar surface area (TPSA) is 88.4 Å². The van der Waals surface area contributed by atoms with Crippen LogP contribution in [0.5, 0.6) is 0 Å². The van der Waals surface area contributed by atoms with Crippen molar-refractivity contribution in [1.82, 2.24) is 4.57 Å². The molecule has 0 atom stereocenters. The molecule has 26 heavy (non-hydrogen) atoms. The van der Waals surface area contributed by atoms with Gasteiger partial charge in [-0.15, -0.1) is 0 Å². The molecule has 2 aromatic carbocycles. The standard InChI is InChI=1S/C19H15BrN2O4/c1-11-8-12(20)6-7-15(11)21-17(23)10-22-16-5-3-2-4-13(16)14(19(25)26)9-18(22)24/h2-9H,10H2,1H3,(H,21,23)(H,25,26). The van der Waals surface area contributed by atoms with E-state index < -0.39 is 11.5 Å². The number of rotatable bonds is 4.